The van der Waals surface area contributed by atoms with Crippen molar-refractivity contribution in [2.45, 2.75) is 24.5 Å². The first kappa shape index (κ1) is 9.66. The van der Waals surface area contributed by atoms with Crippen LogP contribution >= 0.6 is 25.3 Å². The topological polar surface area (TPSA) is 20.2 Å². The summed E-state index contributed by atoms with van der Waals surface area (Å²) in [4.78, 5) is 0. The lowest BCUT2D eigenvalue weighted by Crippen LogP contribution is -2.03. The van der Waals surface area contributed by atoms with E-state index in [1.165, 1.54) is 0 Å². The van der Waals surface area contributed by atoms with Gasteiger partial charge >= 0.3 is 0 Å². The van der Waals surface area contributed by atoms with Crippen LogP contribution in [0, 0.1) is 0 Å². The van der Waals surface area contributed by atoms with Crippen LogP contribution < -0.4 is 0 Å². The zero-order valence-electron chi connectivity index (χ0n) is 5.45. The zero-order chi connectivity index (χ0) is 7.11. The molecule has 1 nitrogen and oxygen atoms in total. The molecule has 1 unspecified atom stereocenters. The third-order valence-corrected chi connectivity index (χ3v) is 1.89. The first-order valence-electron chi connectivity index (χ1n) is 3.21. The van der Waals surface area contributed by atoms with Crippen molar-refractivity contribution in [1.29, 1.82) is 0 Å². The monoisotopic (exact) mass is 166 g/mol. The summed E-state index contributed by atoms with van der Waals surface area (Å²) in [6.07, 6.45) is 3.25. The number of aliphatic hydroxyl groups excluding tert-OH is 1. The lowest BCUT2D eigenvalue weighted by Gasteiger charge is -2.03. The molecule has 56 valence electrons. The fraction of sp³-hybridized carbons (Fsp3) is 1.00. The van der Waals surface area contributed by atoms with Gasteiger partial charge in [0, 0.05) is 5.25 Å². The van der Waals surface area contributed by atoms with E-state index in [4.69, 9.17) is 5.11 Å². The van der Waals surface area contributed by atoms with Crippen LogP contribution in [0.3, 0.4) is 0 Å². The van der Waals surface area contributed by atoms with Gasteiger partial charge in [0.15, 0.2) is 0 Å². The number of rotatable bonds is 5. The van der Waals surface area contributed by atoms with Crippen LogP contribution in [0.25, 0.3) is 0 Å². The van der Waals surface area contributed by atoms with E-state index in [9.17, 15) is 0 Å². The molecule has 0 aliphatic rings. The van der Waals surface area contributed by atoms with Crippen LogP contribution in [0.5, 0.6) is 0 Å². The average molecular weight is 166 g/mol. The van der Waals surface area contributed by atoms with Gasteiger partial charge in [-0.15, -0.1) is 0 Å². The fourth-order valence-electron chi connectivity index (χ4n) is 0.583. The van der Waals surface area contributed by atoms with E-state index in [1.807, 2.05) is 0 Å². The summed E-state index contributed by atoms with van der Waals surface area (Å²) in [6, 6.07) is 0. The molecule has 0 bridgehead atoms. The Morgan fingerprint density at radius 1 is 1.33 bits per heavy atom. The molecule has 0 aromatic rings. The standard InChI is InChI=1S/C6H14OS2/c7-5-6(9)3-1-2-4-8/h6-9H,1-5H2. The van der Waals surface area contributed by atoms with E-state index in [2.05, 4.69) is 25.3 Å². The molecule has 0 saturated carbocycles. The number of unbranched alkanes of at least 4 members (excludes halogenated alkanes) is 1. The van der Waals surface area contributed by atoms with Crippen molar-refractivity contribution < 1.29 is 5.11 Å². The highest BCUT2D eigenvalue weighted by Crippen LogP contribution is 2.05. The van der Waals surface area contributed by atoms with E-state index in [-0.39, 0.29) is 11.9 Å². The van der Waals surface area contributed by atoms with Crippen LogP contribution in [0.1, 0.15) is 19.3 Å². The summed E-state index contributed by atoms with van der Waals surface area (Å²) in [5, 5.41) is 8.71. The van der Waals surface area contributed by atoms with E-state index in [0.29, 0.717) is 0 Å². The van der Waals surface area contributed by atoms with Gasteiger partial charge in [-0.2, -0.15) is 25.3 Å². The molecular formula is C6H14OS2. The summed E-state index contributed by atoms with van der Waals surface area (Å²) in [7, 11) is 0. The van der Waals surface area contributed by atoms with Crippen LogP contribution in [0.15, 0.2) is 0 Å². The maximum Gasteiger partial charge on any atom is 0.0547 e. The number of aliphatic hydroxyl groups is 1. The van der Waals surface area contributed by atoms with E-state index in [1.54, 1.807) is 0 Å². The average Bonchev–Trinajstić information content (AvgIpc) is 1.89. The molecule has 0 rings (SSSR count). The Morgan fingerprint density at radius 2 is 2.00 bits per heavy atom. The molecule has 1 atom stereocenters. The van der Waals surface area contributed by atoms with Crippen molar-refractivity contribution in [1.82, 2.24) is 0 Å². The van der Waals surface area contributed by atoms with Gasteiger partial charge in [-0.1, -0.05) is 6.42 Å². The minimum absolute atomic E-state index is 0.171. The molecular weight excluding hydrogens is 152 g/mol. The molecule has 0 heterocycles. The fourth-order valence-corrected chi connectivity index (χ4v) is 0.989. The minimum Gasteiger partial charge on any atom is -0.395 e. The molecule has 0 saturated heterocycles. The molecule has 0 amide bonds. The first-order valence-corrected chi connectivity index (χ1v) is 4.36. The Morgan fingerprint density at radius 3 is 2.44 bits per heavy atom. The first-order chi connectivity index (χ1) is 4.31. The summed E-state index contributed by atoms with van der Waals surface area (Å²) in [6.45, 7) is 0.190. The highest BCUT2D eigenvalue weighted by Gasteiger charge is 1.98. The molecule has 0 spiro atoms. The summed E-state index contributed by atoms with van der Waals surface area (Å²) < 4.78 is 0. The molecule has 0 fully saturated rings. The Bertz CT molecular complexity index is 59.0. The Labute approximate surface area is 67.7 Å². The quantitative estimate of drug-likeness (QED) is 0.416. The van der Waals surface area contributed by atoms with Crippen molar-refractivity contribution in [3.63, 3.8) is 0 Å². The van der Waals surface area contributed by atoms with E-state index >= 15 is 0 Å². The Balaban J connectivity index is 2.88. The summed E-state index contributed by atoms with van der Waals surface area (Å²) in [5.74, 6) is 0.936. The predicted octanol–water partition coefficient (Wildman–Crippen LogP) is 1.38. The highest BCUT2D eigenvalue weighted by atomic mass is 32.1. The Kier molecular flexibility index (Phi) is 7.27. The van der Waals surface area contributed by atoms with Crippen LogP contribution in [0.4, 0.5) is 0 Å². The molecule has 0 radical (unpaired) electrons. The smallest absolute Gasteiger partial charge is 0.0547 e. The number of hydrogen-bond acceptors (Lipinski definition) is 3. The SMILES string of the molecule is OCC(S)CCCCS. The van der Waals surface area contributed by atoms with Gasteiger partial charge in [0.25, 0.3) is 0 Å². The molecule has 0 aromatic carbocycles. The summed E-state index contributed by atoms with van der Waals surface area (Å²) in [5.41, 5.74) is 0. The van der Waals surface area contributed by atoms with Gasteiger partial charge in [0.05, 0.1) is 6.61 Å². The van der Waals surface area contributed by atoms with Gasteiger partial charge in [-0.25, -0.2) is 0 Å². The maximum absolute atomic E-state index is 8.54. The van der Waals surface area contributed by atoms with Crippen molar-refractivity contribution in [3.8, 4) is 0 Å². The number of thiol groups is 2. The lowest BCUT2D eigenvalue weighted by atomic mass is 10.2. The molecule has 1 N–H and O–H groups in total. The second-order valence-electron chi connectivity index (χ2n) is 2.06. The Hall–Kier alpha value is 0.660. The highest BCUT2D eigenvalue weighted by molar-refractivity contribution is 7.81. The molecule has 0 aliphatic heterocycles. The third kappa shape index (κ3) is 6.55. The van der Waals surface area contributed by atoms with Gasteiger partial charge < -0.3 is 5.11 Å². The van der Waals surface area contributed by atoms with Crippen molar-refractivity contribution in [2.24, 2.45) is 0 Å². The summed E-state index contributed by atoms with van der Waals surface area (Å²) >= 11 is 8.19. The lowest BCUT2D eigenvalue weighted by molar-refractivity contribution is 0.289. The molecule has 0 aliphatic carbocycles. The van der Waals surface area contributed by atoms with Crippen LogP contribution in [-0.2, 0) is 0 Å². The van der Waals surface area contributed by atoms with Gasteiger partial charge in [-0.05, 0) is 18.6 Å². The number of hydrogen-bond donors (Lipinski definition) is 3. The third-order valence-electron chi connectivity index (χ3n) is 1.16. The minimum atomic E-state index is 0.171. The predicted molar refractivity (Wildman–Crippen MR) is 47.6 cm³/mol. The molecule has 3 heteroatoms. The van der Waals surface area contributed by atoms with Gasteiger partial charge in [0.1, 0.15) is 0 Å². The van der Waals surface area contributed by atoms with Gasteiger partial charge in [0.2, 0.25) is 0 Å². The van der Waals surface area contributed by atoms with Gasteiger partial charge in [-0.3, -0.25) is 0 Å². The van der Waals surface area contributed by atoms with Crippen molar-refractivity contribution >= 4 is 25.3 Å². The zero-order valence-corrected chi connectivity index (χ0v) is 7.24. The van der Waals surface area contributed by atoms with E-state index < -0.39 is 0 Å². The van der Waals surface area contributed by atoms with E-state index in [0.717, 1.165) is 25.0 Å². The van der Waals surface area contributed by atoms with Crippen LogP contribution in [-0.4, -0.2) is 22.7 Å². The second kappa shape index (κ2) is 6.78. The maximum atomic E-state index is 8.54. The molecule has 9 heavy (non-hydrogen) atoms. The van der Waals surface area contributed by atoms with Crippen LogP contribution in [0.2, 0.25) is 0 Å². The van der Waals surface area contributed by atoms with Crippen molar-refractivity contribution in [2.75, 3.05) is 12.4 Å². The largest absolute Gasteiger partial charge is 0.395 e. The molecule has 0 aromatic heterocycles. The van der Waals surface area contributed by atoms with Crippen molar-refractivity contribution in [3.05, 3.63) is 0 Å². The second-order valence-corrected chi connectivity index (χ2v) is 3.23. The normalized spacial score (nSPS) is 13.7.